The zero-order valence-corrected chi connectivity index (χ0v) is 9.76. The lowest BCUT2D eigenvalue weighted by molar-refractivity contribution is -0.211. The molecule has 0 aromatic rings. The summed E-state index contributed by atoms with van der Waals surface area (Å²) in [5.74, 6) is -2.21. The second-order valence-electron chi connectivity index (χ2n) is 4.21. The Morgan fingerprint density at radius 3 is 2.76 bits per heavy atom. The molecule has 1 aliphatic rings. The molecule has 0 unspecified atom stereocenters. The Hall–Kier alpha value is -0.780. The summed E-state index contributed by atoms with van der Waals surface area (Å²) in [5, 5.41) is 0. The van der Waals surface area contributed by atoms with Crippen molar-refractivity contribution in [1.82, 2.24) is 0 Å². The summed E-state index contributed by atoms with van der Waals surface area (Å²) in [6, 6.07) is 0. The minimum Gasteiger partial charge on any atom is -0.455 e. The second-order valence-corrected chi connectivity index (χ2v) is 4.21. The summed E-state index contributed by atoms with van der Waals surface area (Å²) in [5.41, 5.74) is 0. The predicted molar refractivity (Wildman–Crippen MR) is 54.4 cm³/mol. The second kappa shape index (κ2) is 6.23. The van der Waals surface area contributed by atoms with Gasteiger partial charge in [-0.15, -0.1) is 0 Å². The molecule has 1 aliphatic heterocycles. The highest BCUT2D eigenvalue weighted by atomic mass is 19.4. The molecule has 0 aromatic heterocycles. The van der Waals surface area contributed by atoms with Gasteiger partial charge in [0.1, 0.15) is 6.10 Å². The minimum atomic E-state index is -4.91. The maximum Gasteiger partial charge on any atom is 0.490 e. The van der Waals surface area contributed by atoms with E-state index in [1.54, 1.807) is 0 Å². The van der Waals surface area contributed by atoms with E-state index < -0.39 is 18.2 Å². The van der Waals surface area contributed by atoms with Crippen molar-refractivity contribution in [2.24, 2.45) is 5.92 Å². The van der Waals surface area contributed by atoms with Crippen molar-refractivity contribution in [3.05, 3.63) is 0 Å². The van der Waals surface area contributed by atoms with Crippen LogP contribution in [0.2, 0.25) is 0 Å². The van der Waals surface area contributed by atoms with Crippen LogP contribution in [0.1, 0.15) is 32.6 Å². The molecule has 6 heteroatoms. The van der Waals surface area contributed by atoms with E-state index in [1.807, 2.05) is 6.92 Å². The van der Waals surface area contributed by atoms with E-state index in [1.165, 1.54) is 0 Å². The number of halogens is 3. The first kappa shape index (κ1) is 14.3. The van der Waals surface area contributed by atoms with Gasteiger partial charge >= 0.3 is 12.1 Å². The molecule has 1 heterocycles. The van der Waals surface area contributed by atoms with E-state index in [0.717, 1.165) is 19.3 Å². The van der Waals surface area contributed by atoms with Gasteiger partial charge in [-0.3, -0.25) is 0 Å². The minimum absolute atomic E-state index is 0.116. The van der Waals surface area contributed by atoms with E-state index >= 15 is 0 Å². The largest absolute Gasteiger partial charge is 0.490 e. The highest BCUT2D eigenvalue weighted by Gasteiger charge is 2.43. The van der Waals surface area contributed by atoms with Crippen molar-refractivity contribution in [1.29, 1.82) is 0 Å². The van der Waals surface area contributed by atoms with Crippen LogP contribution in [0.15, 0.2) is 0 Å². The van der Waals surface area contributed by atoms with Gasteiger partial charge in [-0.05, 0) is 6.42 Å². The molecule has 1 fully saturated rings. The Morgan fingerprint density at radius 2 is 2.18 bits per heavy atom. The SMILES string of the molecule is CCCC[C@@H]1COCC[C@@H]1OC(=O)C(F)(F)F. The highest BCUT2D eigenvalue weighted by Crippen LogP contribution is 2.26. The summed E-state index contributed by atoms with van der Waals surface area (Å²) in [6.45, 7) is 2.72. The molecule has 0 bridgehead atoms. The summed E-state index contributed by atoms with van der Waals surface area (Å²) in [4.78, 5) is 10.8. The van der Waals surface area contributed by atoms with Crippen molar-refractivity contribution in [2.45, 2.75) is 44.9 Å². The van der Waals surface area contributed by atoms with Gasteiger partial charge in [0.15, 0.2) is 0 Å². The topological polar surface area (TPSA) is 35.5 Å². The van der Waals surface area contributed by atoms with Crippen LogP contribution < -0.4 is 0 Å². The smallest absolute Gasteiger partial charge is 0.455 e. The van der Waals surface area contributed by atoms with E-state index in [4.69, 9.17) is 4.74 Å². The number of esters is 1. The molecule has 0 aromatic carbocycles. The highest BCUT2D eigenvalue weighted by molar-refractivity contribution is 5.75. The van der Waals surface area contributed by atoms with Crippen LogP contribution in [0.5, 0.6) is 0 Å². The fourth-order valence-electron chi connectivity index (χ4n) is 1.87. The average Bonchev–Trinajstić information content (AvgIpc) is 2.26. The first-order valence-electron chi connectivity index (χ1n) is 5.80. The van der Waals surface area contributed by atoms with Gasteiger partial charge in [-0.25, -0.2) is 4.79 Å². The van der Waals surface area contributed by atoms with E-state index in [0.29, 0.717) is 19.6 Å². The monoisotopic (exact) mass is 254 g/mol. The number of rotatable bonds is 4. The molecule has 17 heavy (non-hydrogen) atoms. The molecule has 2 atom stereocenters. The molecular formula is C11H17F3O3. The molecule has 0 radical (unpaired) electrons. The first-order chi connectivity index (χ1) is 7.95. The summed E-state index contributed by atoms with van der Waals surface area (Å²) >= 11 is 0. The number of alkyl halides is 3. The Morgan fingerprint density at radius 1 is 1.47 bits per heavy atom. The lowest BCUT2D eigenvalue weighted by atomic mass is 9.93. The zero-order valence-electron chi connectivity index (χ0n) is 9.76. The molecule has 0 aliphatic carbocycles. The maximum absolute atomic E-state index is 12.1. The number of ether oxygens (including phenoxy) is 2. The van der Waals surface area contributed by atoms with E-state index in [2.05, 4.69) is 4.74 Å². The Balaban J connectivity index is 2.50. The number of unbranched alkanes of at least 4 members (excludes halogenated alkanes) is 1. The normalized spacial score (nSPS) is 25.6. The van der Waals surface area contributed by atoms with Crippen LogP contribution in [0, 0.1) is 5.92 Å². The van der Waals surface area contributed by atoms with Crippen molar-refractivity contribution < 1.29 is 27.4 Å². The van der Waals surface area contributed by atoms with Gasteiger partial charge in [-0.2, -0.15) is 13.2 Å². The number of carbonyl (C=O) groups is 1. The molecule has 0 amide bonds. The van der Waals surface area contributed by atoms with Crippen LogP contribution in [-0.4, -0.2) is 31.5 Å². The van der Waals surface area contributed by atoms with Gasteiger partial charge in [0, 0.05) is 12.3 Å². The van der Waals surface area contributed by atoms with E-state index in [-0.39, 0.29) is 5.92 Å². The molecule has 1 rings (SSSR count). The van der Waals surface area contributed by atoms with Crippen LogP contribution in [0.3, 0.4) is 0 Å². The molecule has 0 saturated carbocycles. The average molecular weight is 254 g/mol. The van der Waals surface area contributed by atoms with Gasteiger partial charge < -0.3 is 9.47 Å². The predicted octanol–water partition coefficient (Wildman–Crippen LogP) is 2.69. The number of carbonyl (C=O) groups excluding carboxylic acids is 1. The summed E-state index contributed by atoms with van der Waals surface area (Å²) < 4.78 is 46.0. The molecule has 0 N–H and O–H groups in total. The standard InChI is InChI=1S/C11H17F3O3/c1-2-3-4-8-7-16-6-5-9(8)17-10(15)11(12,13)14/h8-9H,2-7H2,1H3/t8-,9+/m1/s1. The van der Waals surface area contributed by atoms with Gasteiger partial charge in [0.25, 0.3) is 0 Å². The van der Waals surface area contributed by atoms with Crippen molar-refractivity contribution >= 4 is 5.97 Å². The number of hydrogen-bond donors (Lipinski definition) is 0. The number of hydrogen-bond acceptors (Lipinski definition) is 3. The van der Waals surface area contributed by atoms with E-state index in [9.17, 15) is 18.0 Å². The third kappa shape index (κ3) is 4.53. The first-order valence-corrected chi connectivity index (χ1v) is 5.80. The fourth-order valence-corrected chi connectivity index (χ4v) is 1.87. The lowest BCUT2D eigenvalue weighted by Crippen LogP contribution is -2.39. The van der Waals surface area contributed by atoms with Crippen molar-refractivity contribution in [2.75, 3.05) is 13.2 Å². The Bertz CT molecular complexity index is 253. The molecule has 1 saturated heterocycles. The van der Waals surface area contributed by atoms with Crippen molar-refractivity contribution in [3.8, 4) is 0 Å². The Labute approximate surface area is 98.3 Å². The maximum atomic E-state index is 12.1. The lowest BCUT2D eigenvalue weighted by Gasteiger charge is -2.31. The molecule has 0 spiro atoms. The summed E-state index contributed by atoms with van der Waals surface area (Å²) in [7, 11) is 0. The third-order valence-corrected chi connectivity index (χ3v) is 2.82. The molecule has 100 valence electrons. The third-order valence-electron chi connectivity index (χ3n) is 2.82. The summed E-state index contributed by atoms with van der Waals surface area (Å²) in [6.07, 6.45) is -2.65. The molecule has 3 nitrogen and oxygen atoms in total. The van der Waals surface area contributed by atoms with Gasteiger partial charge in [-0.1, -0.05) is 19.8 Å². The quantitative estimate of drug-likeness (QED) is 0.723. The van der Waals surface area contributed by atoms with Crippen LogP contribution >= 0.6 is 0 Å². The van der Waals surface area contributed by atoms with Crippen LogP contribution in [0.4, 0.5) is 13.2 Å². The fraction of sp³-hybridized carbons (Fsp3) is 0.909. The zero-order chi connectivity index (χ0) is 12.9. The molecular weight excluding hydrogens is 237 g/mol. The van der Waals surface area contributed by atoms with Gasteiger partial charge in [0.05, 0.1) is 13.2 Å². The van der Waals surface area contributed by atoms with Crippen LogP contribution in [0.25, 0.3) is 0 Å². The van der Waals surface area contributed by atoms with Crippen LogP contribution in [-0.2, 0) is 14.3 Å². The van der Waals surface area contributed by atoms with Gasteiger partial charge in [0.2, 0.25) is 0 Å². The van der Waals surface area contributed by atoms with Crippen molar-refractivity contribution in [3.63, 3.8) is 0 Å². The Kier molecular flexibility index (Phi) is 5.24.